The Kier molecular flexibility index (Phi) is 3.47. The van der Waals surface area contributed by atoms with Crippen molar-refractivity contribution in [3.05, 3.63) is 11.6 Å². The van der Waals surface area contributed by atoms with E-state index >= 15 is 0 Å². The van der Waals surface area contributed by atoms with Crippen molar-refractivity contribution < 1.29 is 5.21 Å². The summed E-state index contributed by atoms with van der Waals surface area (Å²) in [5.41, 5.74) is 3.68. The third kappa shape index (κ3) is 2.50. The zero-order chi connectivity index (χ0) is 7.23. The van der Waals surface area contributed by atoms with Crippen molar-refractivity contribution >= 4 is 0 Å². The van der Waals surface area contributed by atoms with Gasteiger partial charge in [0, 0.05) is 6.54 Å². The summed E-state index contributed by atoms with van der Waals surface area (Å²) in [5.74, 6) is 0. The minimum absolute atomic E-state index is 0.700. The van der Waals surface area contributed by atoms with Gasteiger partial charge >= 0.3 is 0 Å². The van der Waals surface area contributed by atoms with Crippen LogP contribution in [0.3, 0.4) is 0 Å². The zero-order valence-corrected chi connectivity index (χ0v) is 6.27. The predicted molar refractivity (Wildman–Crippen MR) is 41.0 cm³/mol. The first-order valence-electron chi connectivity index (χ1n) is 3.98. The van der Waals surface area contributed by atoms with E-state index in [1.54, 1.807) is 0 Å². The molecule has 0 radical (unpaired) electrons. The van der Waals surface area contributed by atoms with E-state index in [2.05, 4.69) is 11.6 Å². The van der Waals surface area contributed by atoms with Crippen molar-refractivity contribution in [2.75, 3.05) is 6.54 Å². The summed E-state index contributed by atoms with van der Waals surface area (Å²) in [6.07, 6.45) is 8.47. The SMILES string of the molecule is ONCCC1=CCCCC1. The molecule has 0 aliphatic heterocycles. The summed E-state index contributed by atoms with van der Waals surface area (Å²) in [5, 5.41) is 8.32. The Morgan fingerprint density at radius 3 is 3.00 bits per heavy atom. The Balaban J connectivity index is 2.18. The molecular formula is C8H15NO. The van der Waals surface area contributed by atoms with Crippen LogP contribution in [0.5, 0.6) is 0 Å². The molecule has 2 nitrogen and oxygen atoms in total. The van der Waals surface area contributed by atoms with Crippen LogP contribution in [-0.4, -0.2) is 11.8 Å². The van der Waals surface area contributed by atoms with E-state index in [4.69, 9.17) is 5.21 Å². The first kappa shape index (κ1) is 7.76. The van der Waals surface area contributed by atoms with Gasteiger partial charge in [-0.2, -0.15) is 0 Å². The van der Waals surface area contributed by atoms with Crippen molar-refractivity contribution in [2.24, 2.45) is 0 Å². The zero-order valence-electron chi connectivity index (χ0n) is 6.27. The summed E-state index contributed by atoms with van der Waals surface area (Å²) < 4.78 is 0. The number of hydrogen-bond acceptors (Lipinski definition) is 2. The monoisotopic (exact) mass is 141 g/mol. The lowest BCUT2D eigenvalue weighted by Crippen LogP contribution is -2.10. The van der Waals surface area contributed by atoms with Gasteiger partial charge in [-0.1, -0.05) is 11.6 Å². The highest BCUT2D eigenvalue weighted by Crippen LogP contribution is 2.19. The van der Waals surface area contributed by atoms with E-state index in [0.29, 0.717) is 6.54 Å². The third-order valence-electron chi connectivity index (χ3n) is 1.94. The average molecular weight is 141 g/mol. The van der Waals surface area contributed by atoms with Crippen LogP contribution in [0.15, 0.2) is 11.6 Å². The first-order valence-corrected chi connectivity index (χ1v) is 3.98. The molecule has 0 aromatic heterocycles. The summed E-state index contributed by atoms with van der Waals surface area (Å²) in [6.45, 7) is 0.700. The Hall–Kier alpha value is -0.340. The van der Waals surface area contributed by atoms with Crippen LogP contribution in [0.2, 0.25) is 0 Å². The molecule has 0 heterocycles. The number of hydrogen-bond donors (Lipinski definition) is 2. The van der Waals surface area contributed by atoms with E-state index in [0.717, 1.165) is 6.42 Å². The smallest absolute Gasteiger partial charge is 0.0244 e. The second kappa shape index (κ2) is 4.47. The molecule has 0 saturated carbocycles. The maximum absolute atomic E-state index is 8.32. The lowest BCUT2D eigenvalue weighted by Gasteiger charge is -2.11. The average Bonchev–Trinajstić information content (AvgIpc) is 2.03. The highest BCUT2D eigenvalue weighted by Gasteiger charge is 2.01. The fraction of sp³-hybridized carbons (Fsp3) is 0.750. The maximum Gasteiger partial charge on any atom is 0.0244 e. The van der Waals surface area contributed by atoms with Crippen LogP contribution < -0.4 is 5.48 Å². The number of rotatable bonds is 3. The largest absolute Gasteiger partial charge is 0.317 e. The molecule has 10 heavy (non-hydrogen) atoms. The van der Waals surface area contributed by atoms with Crippen LogP contribution in [0.1, 0.15) is 32.1 Å². The fourth-order valence-electron chi connectivity index (χ4n) is 1.35. The Bertz CT molecular complexity index is 120. The van der Waals surface area contributed by atoms with E-state index in [-0.39, 0.29) is 0 Å². The summed E-state index contributed by atoms with van der Waals surface area (Å²) in [7, 11) is 0. The molecule has 0 aromatic carbocycles. The molecule has 0 fully saturated rings. The van der Waals surface area contributed by atoms with E-state index in [1.807, 2.05) is 0 Å². The number of nitrogens with one attached hydrogen (secondary N) is 1. The quantitative estimate of drug-likeness (QED) is 0.464. The van der Waals surface area contributed by atoms with Crippen LogP contribution in [0, 0.1) is 0 Å². The fourth-order valence-corrected chi connectivity index (χ4v) is 1.35. The molecule has 0 aromatic rings. The van der Waals surface area contributed by atoms with Gasteiger partial charge in [0.05, 0.1) is 0 Å². The van der Waals surface area contributed by atoms with Crippen molar-refractivity contribution in [3.63, 3.8) is 0 Å². The van der Waals surface area contributed by atoms with E-state index in [1.165, 1.54) is 31.3 Å². The second-order valence-corrected chi connectivity index (χ2v) is 2.77. The van der Waals surface area contributed by atoms with Crippen LogP contribution >= 0.6 is 0 Å². The molecule has 1 aliphatic rings. The van der Waals surface area contributed by atoms with E-state index < -0.39 is 0 Å². The van der Waals surface area contributed by atoms with Crippen LogP contribution in [-0.2, 0) is 0 Å². The normalized spacial score (nSPS) is 18.7. The Morgan fingerprint density at radius 2 is 2.40 bits per heavy atom. The first-order chi connectivity index (χ1) is 4.93. The van der Waals surface area contributed by atoms with Crippen molar-refractivity contribution in [2.45, 2.75) is 32.1 Å². The summed E-state index contributed by atoms with van der Waals surface area (Å²) >= 11 is 0. The van der Waals surface area contributed by atoms with Gasteiger partial charge in [0.25, 0.3) is 0 Å². The van der Waals surface area contributed by atoms with Gasteiger partial charge in [0.1, 0.15) is 0 Å². The highest BCUT2D eigenvalue weighted by molar-refractivity contribution is 5.04. The molecular weight excluding hydrogens is 126 g/mol. The molecule has 58 valence electrons. The van der Waals surface area contributed by atoms with Crippen molar-refractivity contribution in [1.29, 1.82) is 0 Å². The molecule has 0 unspecified atom stereocenters. The van der Waals surface area contributed by atoms with Gasteiger partial charge < -0.3 is 5.21 Å². The van der Waals surface area contributed by atoms with Gasteiger partial charge in [0.15, 0.2) is 0 Å². The van der Waals surface area contributed by atoms with Gasteiger partial charge in [-0.15, -0.1) is 0 Å². The van der Waals surface area contributed by atoms with Gasteiger partial charge in [0.2, 0.25) is 0 Å². The van der Waals surface area contributed by atoms with Gasteiger partial charge in [-0.25, -0.2) is 5.48 Å². The summed E-state index contributed by atoms with van der Waals surface area (Å²) in [6, 6.07) is 0. The van der Waals surface area contributed by atoms with Crippen LogP contribution in [0.25, 0.3) is 0 Å². The van der Waals surface area contributed by atoms with Crippen molar-refractivity contribution in [3.8, 4) is 0 Å². The molecule has 0 spiro atoms. The summed E-state index contributed by atoms with van der Waals surface area (Å²) in [4.78, 5) is 0. The minimum atomic E-state index is 0.700. The Labute approximate surface area is 61.9 Å². The maximum atomic E-state index is 8.32. The molecule has 2 heteroatoms. The van der Waals surface area contributed by atoms with Gasteiger partial charge in [-0.3, -0.25) is 0 Å². The minimum Gasteiger partial charge on any atom is -0.317 e. The van der Waals surface area contributed by atoms with Gasteiger partial charge in [-0.05, 0) is 32.1 Å². The van der Waals surface area contributed by atoms with Crippen LogP contribution in [0.4, 0.5) is 0 Å². The molecule has 1 rings (SSSR count). The number of hydroxylamine groups is 1. The predicted octanol–water partition coefficient (Wildman–Crippen LogP) is 1.86. The third-order valence-corrected chi connectivity index (χ3v) is 1.94. The molecule has 0 amide bonds. The standard InChI is InChI=1S/C8H15NO/c10-9-7-6-8-4-2-1-3-5-8/h4,9-10H,1-3,5-7H2. The number of allylic oxidation sites excluding steroid dienone is 1. The molecule has 0 atom stereocenters. The molecule has 1 aliphatic carbocycles. The molecule has 2 N–H and O–H groups in total. The lowest BCUT2D eigenvalue weighted by molar-refractivity contribution is 0.168. The molecule has 0 bridgehead atoms. The van der Waals surface area contributed by atoms with E-state index in [9.17, 15) is 0 Å². The van der Waals surface area contributed by atoms with Crippen molar-refractivity contribution in [1.82, 2.24) is 5.48 Å². The Morgan fingerprint density at radius 1 is 1.50 bits per heavy atom. The molecule has 0 saturated heterocycles. The highest BCUT2D eigenvalue weighted by atomic mass is 16.5. The topological polar surface area (TPSA) is 32.3 Å². The lowest BCUT2D eigenvalue weighted by atomic mass is 9.97. The second-order valence-electron chi connectivity index (χ2n) is 2.77.